The van der Waals surface area contributed by atoms with E-state index in [0.717, 1.165) is 42.8 Å². The largest absolute Gasteiger partial charge is 0.370 e. The third kappa shape index (κ3) is 3.68. The molecule has 7 heteroatoms. The number of aryl methyl sites for hydroxylation is 1. The Kier molecular flexibility index (Phi) is 3.98. The molecule has 1 aliphatic carbocycles. The monoisotopic (exact) mass is 287 g/mol. The first kappa shape index (κ1) is 13.8. The normalized spacial score (nSPS) is 14.2. The Hall–Kier alpha value is -2.18. The van der Waals surface area contributed by atoms with Crippen LogP contribution in [0.3, 0.4) is 0 Å². The summed E-state index contributed by atoms with van der Waals surface area (Å²) in [5.41, 5.74) is 0. The van der Waals surface area contributed by atoms with E-state index in [-0.39, 0.29) is 0 Å². The van der Waals surface area contributed by atoms with E-state index in [2.05, 4.69) is 37.6 Å². The number of nitrogens with one attached hydrogen (secondary N) is 2. The highest BCUT2D eigenvalue weighted by Gasteiger charge is 2.27. The molecule has 21 heavy (non-hydrogen) atoms. The Morgan fingerprint density at radius 1 is 1.24 bits per heavy atom. The van der Waals surface area contributed by atoms with E-state index in [9.17, 15) is 0 Å². The molecule has 1 fully saturated rings. The summed E-state index contributed by atoms with van der Waals surface area (Å²) in [6.07, 6.45) is 4.90. The van der Waals surface area contributed by atoms with Crippen molar-refractivity contribution < 1.29 is 0 Å². The number of nitrogens with zero attached hydrogens (tertiary/aromatic N) is 5. The first-order valence-electron chi connectivity index (χ1n) is 7.46. The molecule has 3 rings (SSSR count). The summed E-state index contributed by atoms with van der Waals surface area (Å²) in [4.78, 5) is 13.4. The molecule has 0 amide bonds. The van der Waals surface area contributed by atoms with Gasteiger partial charge in [0, 0.05) is 38.5 Å². The number of rotatable bonds is 7. The van der Waals surface area contributed by atoms with Gasteiger partial charge >= 0.3 is 0 Å². The van der Waals surface area contributed by atoms with Crippen LogP contribution in [0.5, 0.6) is 0 Å². The molecule has 7 nitrogen and oxygen atoms in total. The van der Waals surface area contributed by atoms with Crippen LogP contribution in [0.25, 0.3) is 0 Å². The highest BCUT2D eigenvalue weighted by molar-refractivity contribution is 5.48. The van der Waals surface area contributed by atoms with Crippen LogP contribution in [0, 0.1) is 0 Å². The molecule has 0 atom stereocenters. The maximum absolute atomic E-state index is 4.61. The topological polar surface area (TPSA) is 80.5 Å². The lowest BCUT2D eigenvalue weighted by molar-refractivity contribution is 0.741. The van der Waals surface area contributed by atoms with Crippen molar-refractivity contribution in [2.75, 3.05) is 23.7 Å². The van der Waals surface area contributed by atoms with E-state index in [1.54, 1.807) is 11.0 Å². The molecule has 0 aromatic carbocycles. The van der Waals surface area contributed by atoms with E-state index in [1.807, 2.05) is 13.1 Å². The van der Waals surface area contributed by atoms with Gasteiger partial charge < -0.3 is 10.6 Å². The van der Waals surface area contributed by atoms with Gasteiger partial charge in [0.1, 0.15) is 23.8 Å². The van der Waals surface area contributed by atoms with E-state index in [0.29, 0.717) is 5.92 Å². The van der Waals surface area contributed by atoms with E-state index >= 15 is 0 Å². The Morgan fingerprint density at radius 3 is 2.62 bits per heavy atom. The number of anilines is 2. The second-order valence-corrected chi connectivity index (χ2v) is 5.31. The average Bonchev–Trinajstić information content (AvgIpc) is 3.23. The van der Waals surface area contributed by atoms with E-state index in [4.69, 9.17) is 0 Å². The molecule has 0 aliphatic heterocycles. The van der Waals surface area contributed by atoms with Crippen LogP contribution in [0.2, 0.25) is 0 Å². The zero-order valence-electron chi connectivity index (χ0n) is 12.5. The molecule has 112 valence electrons. The van der Waals surface area contributed by atoms with Crippen LogP contribution >= 0.6 is 0 Å². The zero-order chi connectivity index (χ0) is 14.7. The van der Waals surface area contributed by atoms with Gasteiger partial charge in [-0.2, -0.15) is 5.10 Å². The number of hydrogen-bond acceptors (Lipinski definition) is 6. The minimum atomic E-state index is 0.543. The Labute approximate surface area is 124 Å². The van der Waals surface area contributed by atoms with Gasteiger partial charge in [0.2, 0.25) is 0 Å². The van der Waals surface area contributed by atoms with Gasteiger partial charge in [-0.1, -0.05) is 0 Å². The lowest BCUT2D eigenvalue weighted by Gasteiger charge is -2.09. The van der Waals surface area contributed by atoms with Crippen LogP contribution in [0.4, 0.5) is 11.6 Å². The summed E-state index contributed by atoms with van der Waals surface area (Å²) in [7, 11) is 1.87. The van der Waals surface area contributed by atoms with Crippen molar-refractivity contribution in [3.63, 3.8) is 0 Å². The molecule has 1 aliphatic rings. The molecule has 2 aromatic heterocycles. The maximum Gasteiger partial charge on any atom is 0.152 e. The second kappa shape index (κ2) is 6.07. The van der Waals surface area contributed by atoms with Crippen LogP contribution < -0.4 is 10.6 Å². The third-order valence-corrected chi connectivity index (χ3v) is 3.35. The van der Waals surface area contributed by atoms with Crippen molar-refractivity contribution in [1.82, 2.24) is 24.7 Å². The van der Waals surface area contributed by atoms with E-state index < -0.39 is 0 Å². The fourth-order valence-corrected chi connectivity index (χ4v) is 2.15. The van der Waals surface area contributed by atoms with Crippen molar-refractivity contribution in [1.29, 1.82) is 0 Å². The smallest absolute Gasteiger partial charge is 0.152 e. The second-order valence-electron chi connectivity index (χ2n) is 5.31. The minimum absolute atomic E-state index is 0.543. The third-order valence-electron chi connectivity index (χ3n) is 3.35. The molecule has 0 bridgehead atoms. The number of aromatic nitrogens is 5. The molecule has 2 aromatic rings. The Balaban J connectivity index is 1.63. The van der Waals surface area contributed by atoms with Crippen molar-refractivity contribution in [3.05, 3.63) is 24.0 Å². The van der Waals surface area contributed by atoms with Gasteiger partial charge in [0.15, 0.2) is 5.82 Å². The fourth-order valence-electron chi connectivity index (χ4n) is 2.15. The van der Waals surface area contributed by atoms with Crippen molar-refractivity contribution >= 4 is 11.6 Å². The molecule has 0 radical (unpaired) electrons. The molecule has 1 saturated carbocycles. The highest BCUT2D eigenvalue weighted by atomic mass is 15.3. The summed E-state index contributed by atoms with van der Waals surface area (Å²) in [5, 5.41) is 10.9. The van der Waals surface area contributed by atoms with Crippen molar-refractivity contribution in [3.8, 4) is 0 Å². The summed E-state index contributed by atoms with van der Waals surface area (Å²) < 4.78 is 1.72. The molecule has 0 spiro atoms. The lowest BCUT2D eigenvalue weighted by atomic mass is 10.3. The van der Waals surface area contributed by atoms with Crippen LogP contribution in [0.15, 0.2) is 12.4 Å². The fraction of sp³-hybridized carbons (Fsp3) is 0.571. The van der Waals surface area contributed by atoms with Gasteiger partial charge in [0.05, 0.1) is 0 Å². The first-order valence-corrected chi connectivity index (χ1v) is 7.46. The maximum atomic E-state index is 4.61. The van der Waals surface area contributed by atoms with Gasteiger partial charge in [0.25, 0.3) is 0 Å². The number of hydrogen-bond donors (Lipinski definition) is 2. The quantitative estimate of drug-likeness (QED) is 0.804. The molecule has 0 unspecified atom stereocenters. The summed E-state index contributed by atoms with van der Waals surface area (Å²) >= 11 is 0. The summed E-state index contributed by atoms with van der Waals surface area (Å²) in [6, 6.07) is 1.96. The van der Waals surface area contributed by atoms with Crippen LogP contribution in [-0.4, -0.2) is 37.8 Å². The van der Waals surface area contributed by atoms with Gasteiger partial charge in [-0.3, -0.25) is 4.68 Å². The SMILES string of the molecule is CCNc1cc(NCCc2ncn(C)n2)nc(C2CC2)n1. The lowest BCUT2D eigenvalue weighted by Crippen LogP contribution is -2.10. The standard InChI is InChI=1S/C14H21N7/c1-3-15-12-8-13(19-14(18-12)10-4-5-10)16-7-6-11-17-9-21(2)20-11/h8-10H,3-7H2,1-2H3,(H2,15,16,18,19). The minimum Gasteiger partial charge on any atom is -0.370 e. The molecular weight excluding hydrogens is 266 g/mol. The van der Waals surface area contributed by atoms with Crippen LogP contribution in [0.1, 0.15) is 37.3 Å². The van der Waals surface area contributed by atoms with Crippen LogP contribution in [-0.2, 0) is 13.5 Å². The van der Waals surface area contributed by atoms with Gasteiger partial charge in [-0.15, -0.1) is 0 Å². The van der Waals surface area contributed by atoms with Crippen molar-refractivity contribution in [2.45, 2.75) is 32.1 Å². The summed E-state index contributed by atoms with van der Waals surface area (Å²) in [6.45, 7) is 3.69. The van der Waals surface area contributed by atoms with Crippen molar-refractivity contribution in [2.24, 2.45) is 7.05 Å². The molecule has 2 heterocycles. The predicted molar refractivity (Wildman–Crippen MR) is 81.4 cm³/mol. The summed E-state index contributed by atoms with van der Waals surface area (Å²) in [5.74, 6) is 4.11. The van der Waals surface area contributed by atoms with Gasteiger partial charge in [-0.05, 0) is 19.8 Å². The zero-order valence-corrected chi connectivity index (χ0v) is 12.5. The Morgan fingerprint density at radius 2 is 2.00 bits per heavy atom. The Bertz CT molecular complexity index is 603. The molecule has 0 saturated heterocycles. The molecule has 2 N–H and O–H groups in total. The van der Waals surface area contributed by atoms with Gasteiger partial charge in [-0.25, -0.2) is 15.0 Å². The highest BCUT2D eigenvalue weighted by Crippen LogP contribution is 2.38. The predicted octanol–water partition coefficient (Wildman–Crippen LogP) is 1.57. The first-order chi connectivity index (χ1) is 10.2. The van der Waals surface area contributed by atoms with E-state index in [1.165, 1.54) is 12.8 Å². The average molecular weight is 287 g/mol. The molecular formula is C14H21N7.